The fourth-order valence-electron chi connectivity index (χ4n) is 1.71. The normalized spacial score (nSPS) is 12.0. The summed E-state index contributed by atoms with van der Waals surface area (Å²) in [5.41, 5.74) is -5.63. The number of hydrogen-bond donors (Lipinski definition) is 1. The minimum atomic E-state index is -5.53. The molecule has 1 heterocycles. The summed E-state index contributed by atoms with van der Waals surface area (Å²) in [6.45, 7) is 0. The number of carbonyl (C=O) groups excluding carboxylic acids is 1. The Labute approximate surface area is 147 Å². The molecule has 2 aromatic rings. The first-order valence-electron chi connectivity index (χ1n) is 6.12. The van der Waals surface area contributed by atoms with E-state index in [-0.39, 0.29) is 16.3 Å². The van der Waals surface area contributed by atoms with E-state index in [1.807, 2.05) is 0 Å². The Morgan fingerprint density at radius 2 is 1.92 bits per heavy atom. The molecule has 1 N–H and O–H groups in total. The summed E-state index contributed by atoms with van der Waals surface area (Å²) >= 11 is 4.29. The lowest BCUT2D eigenvalue weighted by atomic mass is 10.3. The molecule has 0 aliphatic rings. The first kappa shape index (κ1) is 18.7. The zero-order valence-corrected chi connectivity index (χ0v) is 15.1. The molecule has 0 fully saturated rings. The number of anilines is 1. The van der Waals surface area contributed by atoms with Gasteiger partial charge in [-0.3, -0.25) is 4.79 Å². The van der Waals surface area contributed by atoms with Crippen molar-refractivity contribution < 1.29 is 31.1 Å². The average Bonchev–Trinajstić information content (AvgIpc) is 2.92. The molecule has 0 aliphatic carbocycles. The summed E-state index contributed by atoms with van der Waals surface area (Å²) in [4.78, 5) is 11.4. The fraction of sp³-hybridized carbons (Fsp3) is 0.154. The lowest BCUT2D eigenvalue weighted by Gasteiger charge is -2.13. The van der Waals surface area contributed by atoms with Gasteiger partial charge in [0.1, 0.15) is 5.75 Å². The number of sulfone groups is 1. The number of rotatable bonds is 4. The molecule has 0 saturated carbocycles. The predicted molar refractivity (Wildman–Crippen MR) is 86.2 cm³/mol. The molecule has 130 valence electrons. The Morgan fingerprint density at radius 3 is 2.42 bits per heavy atom. The highest BCUT2D eigenvalue weighted by Gasteiger charge is 2.47. The Kier molecular flexibility index (Phi) is 5.25. The second-order valence-corrected chi connectivity index (χ2v) is 8.77. The highest BCUT2D eigenvalue weighted by atomic mass is 79.9. The summed E-state index contributed by atoms with van der Waals surface area (Å²) in [5, 5.41) is 2.35. The molecule has 0 atom stereocenters. The standard InChI is InChI=1S/C13H9BrF3NO4S2/c1-22-9-3-2-7(24(20,21)13(15,16)17)6-8(9)18-12(19)10-4-5-11(14)23-10/h2-6H,1H3,(H,18,19). The van der Waals surface area contributed by atoms with Gasteiger partial charge in [0.15, 0.2) is 0 Å². The molecule has 0 saturated heterocycles. The van der Waals surface area contributed by atoms with Crippen LogP contribution in [0.15, 0.2) is 39.0 Å². The van der Waals surface area contributed by atoms with Crippen LogP contribution in [0.25, 0.3) is 0 Å². The van der Waals surface area contributed by atoms with Crippen molar-refractivity contribution in [1.82, 2.24) is 0 Å². The van der Waals surface area contributed by atoms with Gasteiger partial charge in [-0.15, -0.1) is 11.3 Å². The van der Waals surface area contributed by atoms with Crippen molar-refractivity contribution in [3.8, 4) is 5.75 Å². The van der Waals surface area contributed by atoms with Crippen LogP contribution in [0.2, 0.25) is 0 Å². The first-order valence-corrected chi connectivity index (χ1v) is 9.21. The van der Waals surface area contributed by atoms with Crippen LogP contribution in [-0.4, -0.2) is 26.9 Å². The van der Waals surface area contributed by atoms with Gasteiger partial charge in [-0.1, -0.05) is 0 Å². The highest BCUT2D eigenvalue weighted by molar-refractivity contribution is 9.11. The zero-order chi connectivity index (χ0) is 18.1. The van der Waals surface area contributed by atoms with Crippen LogP contribution in [0.4, 0.5) is 18.9 Å². The largest absolute Gasteiger partial charge is 0.501 e. The number of benzene rings is 1. The van der Waals surface area contributed by atoms with E-state index in [4.69, 9.17) is 4.74 Å². The van der Waals surface area contributed by atoms with Crippen LogP contribution >= 0.6 is 27.3 Å². The van der Waals surface area contributed by atoms with Gasteiger partial charge in [-0.25, -0.2) is 8.42 Å². The maximum absolute atomic E-state index is 12.7. The topological polar surface area (TPSA) is 72.5 Å². The second-order valence-electron chi connectivity index (χ2n) is 4.37. The molecule has 11 heteroatoms. The number of hydrogen-bond acceptors (Lipinski definition) is 5. The Hall–Kier alpha value is -1.59. The molecule has 1 aromatic heterocycles. The van der Waals surface area contributed by atoms with Gasteiger partial charge in [0.2, 0.25) is 0 Å². The zero-order valence-electron chi connectivity index (χ0n) is 11.8. The van der Waals surface area contributed by atoms with Gasteiger partial charge < -0.3 is 10.1 Å². The monoisotopic (exact) mass is 443 g/mol. The Balaban J connectivity index is 2.42. The first-order chi connectivity index (χ1) is 11.1. The molecule has 0 aliphatic heterocycles. The third kappa shape index (κ3) is 3.73. The molecule has 2 rings (SSSR count). The van der Waals surface area contributed by atoms with Crippen molar-refractivity contribution in [3.63, 3.8) is 0 Å². The van der Waals surface area contributed by atoms with Gasteiger partial charge in [-0.2, -0.15) is 13.2 Å². The van der Waals surface area contributed by atoms with E-state index in [2.05, 4.69) is 21.2 Å². The quantitative estimate of drug-likeness (QED) is 0.772. The maximum atomic E-state index is 12.7. The van der Waals surface area contributed by atoms with Crippen LogP contribution < -0.4 is 10.1 Å². The van der Waals surface area contributed by atoms with Crippen molar-refractivity contribution in [1.29, 1.82) is 0 Å². The van der Waals surface area contributed by atoms with Crippen LogP contribution in [0.1, 0.15) is 9.67 Å². The summed E-state index contributed by atoms with van der Waals surface area (Å²) in [5.74, 6) is -0.578. The average molecular weight is 444 g/mol. The number of amides is 1. The van der Waals surface area contributed by atoms with E-state index in [9.17, 15) is 26.4 Å². The molecule has 0 unspecified atom stereocenters. The number of nitrogens with one attached hydrogen (secondary N) is 1. The summed E-state index contributed by atoms with van der Waals surface area (Å²) < 4.78 is 66.6. The number of methoxy groups -OCH3 is 1. The molecule has 24 heavy (non-hydrogen) atoms. The van der Waals surface area contributed by atoms with Crippen LogP contribution in [0.3, 0.4) is 0 Å². The molecular formula is C13H9BrF3NO4S2. The van der Waals surface area contributed by atoms with E-state index in [0.29, 0.717) is 9.85 Å². The number of carbonyl (C=O) groups is 1. The number of halogens is 4. The van der Waals surface area contributed by atoms with Crippen molar-refractivity contribution in [2.24, 2.45) is 0 Å². The molecule has 0 spiro atoms. The summed E-state index contributed by atoms with van der Waals surface area (Å²) in [6.07, 6.45) is 0. The van der Waals surface area contributed by atoms with Crippen LogP contribution in [0.5, 0.6) is 5.75 Å². The smallest absolute Gasteiger partial charge is 0.495 e. The van der Waals surface area contributed by atoms with Crippen molar-refractivity contribution in [3.05, 3.63) is 39.0 Å². The number of ether oxygens (including phenoxy) is 1. The lowest BCUT2D eigenvalue weighted by Crippen LogP contribution is -2.23. The van der Waals surface area contributed by atoms with Gasteiger partial charge in [-0.05, 0) is 46.3 Å². The molecule has 1 aromatic carbocycles. The highest BCUT2D eigenvalue weighted by Crippen LogP contribution is 2.35. The van der Waals surface area contributed by atoms with Gasteiger partial charge in [0, 0.05) is 0 Å². The van der Waals surface area contributed by atoms with Gasteiger partial charge in [0.05, 0.1) is 26.4 Å². The van der Waals surface area contributed by atoms with Gasteiger partial charge >= 0.3 is 5.51 Å². The van der Waals surface area contributed by atoms with E-state index in [0.717, 1.165) is 23.5 Å². The van der Waals surface area contributed by atoms with E-state index < -0.39 is 26.1 Å². The number of alkyl halides is 3. The lowest BCUT2D eigenvalue weighted by molar-refractivity contribution is -0.0436. The molecule has 1 amide bonds. The van der Waals surface area contributed by atoms with Crippen LogP contribution in [0, 0.1) is 0 Å². The third-order valence-corrected chi connectivity index (χ3v) is 5.94. The van der Waals surface area contributed by atoms with Crippen molar-refractivity contribution in [2.75, 3.05) is 12.4 Å². The molecule has 0 bridgehead atoms. The number of thiophene rings is 1. The molecule has 0 radical (unpaired) electrons. The van der Waals surface area contributed by atoms with Crippen LogP contribution in [-0.2, 0) is 9.84 Å². The maximum Gasteiger partial charge on any atom is 0.501 e. The fourth-order valence-corrected chi connectivity index (χ4v) is 3.77. The van der Waals surface area contributed by atoms with E-state index >= 15 is 0 Å². The minimum Gasteiger partial charge on any atom is -0.495 e. The molecular weight excluding hydrogens is 435 g/mol. The second kappa shape index (κ2) is 6.73. The Morgan fingerprint density at radius 1 is 1.25 bits per heavy atom. The molecule has 5 nitrogen and oxygen atoms in total. The van der Waals surface area contributed by atoms with Crippen molar-refractivity contribution in [2.45, 2.75) is 10.4 Å². The third-order valence-electron chi connectivity index (χ3n) is 2.83. The predicted octanol–water partition coefficient (Wildman–Crippen LogP) is 4.07. The summed E-state index contributed by atoms with van der Waals surface area (Å²) in [7, 11) is -4.29. The van der Waals surface area contributed by atoms with Crippen molar-refractivity contribution >= 4 is 48.7 Å². The van der Waals surface area contributed by atoms with E-state index in [1.54, 1.807) is 6.07 Å². The van der Waals surface area contributed by atoms with Gasteiger partial charge in [0.25, 0.3) is 15.7 Å². The minimum absolute atomic E-state index is 0.0279. The SMILES string of the molecule is COc1ccc(S(=O)(=O)C(F)(F)F)cc1NC(=O)c1ccc(Br)s1. The summed E-state index contributed by atoms with van der Waals surface area (Å²) in [6, 6.07) is 5.65. The Bertz CT molecular complexity index is 878. The van der Waals surface area contributed by atoms with E-state index in [1.165, 1.54) is 13.2 Å².